The first-order chi connectivity index (χ1) is 7.58. The topological polar surface area (TPSA) is 88.0 Å². The lowest BCUT2D eigenvalue weighted by Gasteiger charge is -2.00. The summed E-state index contributed by atoms with van der Waals surface area (Å²) < 4.78 is 1.08. The molecule has 2 N–H and O–H groups in total. The lowest BCUT2D eigenvalue weighted by atomic mass is 10.4. The van der Waals surface area contributed by atoms with Gasteiger partial charge in [-0.15, -0.1) is 0 Å². The molecule has 0 aliphatic rings. The van der Waals surface area contributed by atoms with Crippen LogP contribution in [0, 0.1) is 0 Å². The third kappa shape index (κ3) is 1.82. The number of nitrogens with one attached hydrogen (secondary N) is 1. The van der Waals surface area contributed by atoms with Crippen LogP contribution in [0.2, 0.25) is 5.15 Å². The molecule has 2 aromatic rings. The Morgan fingerprint density at radius 1 is 1.50 bits per heavy atom. The highest BCUT2D eigenvalue weighted by atomic mass is 35.5. The zero-order valence-corrected chi connectivity index (χ0v) is 8.60. The van der Waals surface area contributed by atoms with Crippen molar-refractivity contribution in [3.63, 3.8) is 0 Å². The molecule has 0 aromatic carbocycles. The largest absolute Gasteiger partial charge is 0.477 e. The summed E-state index contributed by atoms with van der Waals surface area (Å²) in [6, 6.07) is 3.98. The SMILES string of the molecule is O=C(O)c1cc(=O)n(-c2ccnc(Cl)c2)[nH]1. The van der Waals surface area contributed by atoms with E-state index in [1.807, 2.05) is 0 Å². The summed E-state index contributed by atoms with van der Waals surface area (Å²) in [4.78, 5) is 25.9. The van der Waals surface area contributed by atoms with Gasteiger partial charge >= 0.3 is 5.97 Å². The van der Waals surface area contributed by atoms with Crippen LogP contribution < -0.4 is 5.56 Å². The number of rotatable bonds is 2. The number of carboxylic acids is 1. The highest BCUT2D eigenvalue weighted by molar-refractivity contribution is 6.29. The van der Waals surface area contributed by atoms with E-state index in [0.29, 0.717) is 5.69 Å². The van der Waals surface area contributed by atoms with Crippen LogP contribution in [0.25, 0.3) is 5.69 Å². The number of carboxylic acid groups (broad SMARTS) is 1. The Morgan fingerprint density at radius 3 is 2.81 bits per heavy atom. The Kier molecular flexibility index (Phi) is 2.49. The van der Waals surface area contributed by atoms with Crippen molar-refractivity contribution in [2.45, 2.75) is 0 Å². The second-order valence-electron chi connectivity index (χ2n) is 2.99. The second kappa shape index (κ2) is 3.82. The van der Waals surface area contributed by atoms with Gasteiger partial charge in [-0.3, -0.25) is 9.89 Å². The van der Waals surface area contributed by atoms with Crippen LogP contribution in [0.15, 0.2) is 29.2 Å². The molecule has 0 bridgehead atoms. The Bertz CT molecular complexity index is 602. The number of aromatic nitrogens is 3. The number of pyridine rings is 1. The standard InChI is InChI=1S/C9H6ClN3O3/c10-7-3-5(1-2-11-7)13-8(14)4-6(12-13)9(15)16/h1-4,12H,(H,15,16). The predicted octanol–water partition coefficient (Wildman–Crippen LogP) is 0.912. The van der Waals surface area contributed by atoms with Gasteiger partial charge in [0.05, 0.1) is 5.69 Å². The Hall–Kier alpha value is -2.08. The molecule has 2 aromatic heterocycles. The molecule has 0 aliphatic carbocycles. The first-order valence-corrected chi connectivity index (χ1v) is 4.63. The third-order valence-corrected chi connectivity index (χ3v) is 2.13. The fourth-order valence-electron chi connectivity index (χ4n) is 1.23. The van der Waals surface area contributed by atoms with E-state index in [-0.39, 0.29) is 10.8 Å². The van der Waals surface area contributed by atoms with Crippen LogP contribution in [-0.2, 0) is 0 Å². The van der Waals surface area contributed by atoms with Crippen LogP contribution in [0.3, 0.4) is 0 Å². The first kappa shape index (κ1) is 10.4. The average molecular weight is 240 g/mol. The molecule has 82 valence electrons. The van der Waals surface area contributed by atoms with Crippen molar-refractivity contribution in [3.8, 4) is 5.69 Å². The van der Waals surface area contributed by atoms with Crippen LogP contribution in [0.1, 0.15) is 10.5 Å². The van der Waals surface area contributed by atoms with E-state index < -0.39 is 11.5 Å². The number of hydrogen-bond donors (Lipinski definition) is 2. The maximum atomic E-state index is 11.5. The summed E-state index contributed by atoms with van der Waals surface area (Å²) in [6.45, 7) is 0. The molecule has 0 amide bonds. The number of H-pyrrole nitrogens is 1. The first-order valence-electron chi connectivity index (χ1n) is 4.25. The molecule has 0 atom stereocenters. The molecule has 2 heterocycles. The van der Waals surface area contributed by atoms with Gasteiger partial charge in [0, 0.05) is 18.3 Å². The van der Waals surface area contributed by atoms with Crippen molar-refractivity contribution < 1.29 is 9.90 Å². The molecule has 0 radical (unpaired) electrons. The number of aromatic amines is 1. The lowest BCUT2D eigenvalue weighted by Crippen LogP contribution is -2.13. The van der Waals surface area contributed by atoms with Gasteiger partial charge < -0.3 is 5.11 Å². The van der Waals surface area contributed by atoms with Gasteiger partial charge in [-0.05, 0) is 6.07 Å². The quantitative estimate of drug-likeness (QED) is 0.763. The normalized spacial score (nSPS) is 10.3. The summed E-state index contributed by atoms with van der Waals surface area (Å²) >= 11 is 5.66. The van der Waals surface area contributed by atoms with Crippen molar-refractivity contribution in [2.75, 3.05) is 0 Å². The lowest BCUT2D eigenvalue weighted by molar-refractivity contribution is 0.0690. The van der Waals surface area contributed by atoms with Crippen molar-refractivity contribution in [1.29, 1.82) is 0 Å². The molecule has 0 fully saturated rings. The fraction of sp³-hybridized carbons (Fsp3) is 0. The minimum Gasteiger partial charge on any atom is -0.477 e. The highest BCUT2D eigenvalue weighted by Gasteiger charge is 2.10. The van der Waals surface area contributed by atoms with Crippen molar-refractivity contribution in [3.05, 3.63) is 45.6 Å². The molecule has 0 spiro atoms. The monoisotopic (exact) mass is 239 g/mol. The Labute approximate surface area is 94.1 Å². The van der Waals surface area contributed by atoms with Gasteiger partial charge in [0.25, 0.3) is 5.56 Å². The van der Waals surface area contributed by atoms with Crippen molar-refractivity contribution >= 4 is 17.6 Å². The molecule has 0 saturated carbocycles. The minimum atomic E-state index is -1.20. The maximum absolute atomic E-state index is 11.5. The smallest absolute Gasteiger partial charge is 0.353 e. The van der Waals surface area contributed by atoms with E-state index >= 15 is 0 Å². The van der Waals surface area contributed by atoms with Gasteiger partial charge in [-0.2, -0.15) is 0 Å². The molecule has 0 saturated heterocycles. The van der Waals surface area contributed by atoms with Gasteiger partial charge in [0.15, 0.2) is 0 Å². The molecule has 7 heteroatoms. The van der Waals surface area contributed by atoms with Crippen LogP contribution >= 0.6 is 11.6 Å². The Balaban J connectivity index is 2.56. The summed E-state index contributed by atoms with van der Waals surface area (Å²) in [7, 11) is 0. The molecule has 6 nitrogen and oxygen atoms in total. The molecule has 16 heavy (non-hydrogen) atoms. The van der Waals surface area contributed by atoms with Gasteiger partial charge in [-0.25, -0.2) is 14.5 Å². The van der Waals surface area contributed by atoms with Crippen molar-refractivity contribution in [1.82, 2.24) is 14.8 Å². The van der Waals surface area contributed by atoms with Gasteiger partial charge in [0.1, 0.15) is 10.8 Å². The zero-order chi connectivity index (χ0) is 11.7. The zero-order valence-electron chi connectivity index (χ0n) is 7.85. The van der Waals surface area contributed by atoms with Crippen LogP contribution in [0.5, 0.6) is 0 Å². The molecule has 0 aliphatic heterocycles. The average Bonchev–Trinajstić information content (AvgIpc) is 2.60. The van der Waals surface area contributed by atoms with E-state index in [9.17, 15) is 9.59 Å². The highest BCUT2D eigenvalue weighted by Crippen LogP contribution is 2.09. The van der Waals surface area contributed by atoms with E-state index in [1.54, 1.807) is 0 Å². The van der Waals surface area contributed by atoms with Crippen LogP contribution in [0.4, 0.5) is 0 Å². The van der Waals surface area contributed by atoms with Crippen LogP contribution in [-0.4, -0.2) is 25.8 Å². The van der Waals surface area contributed by atoms with Crippen molar-refractivity contribution in [2.24, 2.45) is 0 Å². The molecule has 0 unspecified atom stereocenters. The summed E-state index contributed by atoms with van der Waals surface area (Å²) in [5, 5.41) is 11.4. The van der Waals surface area contributed by atoms with Gasteiger partial charge in [0.2, 0.25) is 0 Å². The van der Waals surface area contributed by atoms with E-state index in [2.05, 4.69) is 10.1 Å². The number of carbonyl (C=O) groups is 1. The minimum absolute atomic E-state index is 0.182. The molecule has 2 rings (SSSR count). The van der Waals surface area contributed by atoms with Gasteiger partial charge in [-0.1, -0.05) is 11.6 Å². The maximum Gasteiger partial charge on any atom is 0.353 e. The van der Waals surface area contributed by atoms with E-state index in [0.717, 1.165) is 10.7 Å². The number of halogens is 1. The fourth-order valence-corrected chi connectivity index (χ4v) is 1.40. The number of aromatic carboxylic acids is 1. The molecular weight excluding hydrogens is 234 g/mol. The summed E-state index contributed by atoms with van der Waals surface area (Å²) in [5.74, 6) is -1.20. The second-order valence-corrected chi connectivity index (χ2v) is 3.37. The Morgan fingerprint density at radius 2 is 2.25 bits per heavy atom. The van der Waals surface area contributed by atoms with E-state index in [1.165, 1.54) is 18.3 Å². The summed E-state index contributed by atoms with van der Waals surface area (Å²) in [6.07, 6.45) is 1.42. The predicted molar refractivity (Wildman–Crippen MR) is 56.2 cm³/mol. The number of nitrogens with zero attached hydrogens (tertiary/aromatic N) is 2. The summed E-state index contributed by atoms with van der Waals surface area (Å²) in [5.41, 5.74) is -0.227. The third-order valence-electron chi connectivity index (χ3n) is 1.92. The van der Waals surface area contributed by atoms with E-state index in [4.69, 9.17) is 16.7 Å². The molecular formula is C9H6ClN3O3. The number of hydrogen-bond acceptors (Lipinski definition) is 3.